The Hall–Kier alpha value is -1.56. The molecule has 0 saturated heterocycles. The van der Waals surface area contributed by atoms with Gasteiger partial charge in [0.2, 0.25) is 5.28 Å². The highest BCUT2D eigenvalue weighted by Gasteiger charge is 2.10. The summed E-state index contributed by atoms with van der Waals surface area (Å²) in [6.45, 7) is 0. The van der Waals surface area contributed by atoms with Crippen molar-refractivity contribution in [3.8, 4) is 0 Å². The van der Waals surface area contributed by atoms with Crippen molar-refractivity contribution in [2.45, 2.75) is 0 Å². The molecule has 0 saturated carbocycles. The molecule has 1 aromatic heterocycles. The van der Waals surface area contributed by atoms with Gasteiger partial charge >= 0.3 is 0 Å². The summed E-state index contributed by atoms with van der Waals surface area (Å²) in [5.41, 5.74) is 6.29. The predicted octanol–water partition coefficient (Wildman–Crippen LogP) is 3.27. The number of anilines is 2. The minimum absolute atomic E-state index is 0.0573. The predicted molar refractivity (Wildman–Crippen MR) is 75.9 cm³/mol. The number of carbonyl (C=O) groups is 1. The summed E-state index contributed by atoms with van der Waals surface area (Å²) in [4.78, 5) is 19.4. The first-order valence-electron chi connectivity index (χ1n) is 5.02. The van der Waals surface area contributed by atoms with Crippen LogP contribution >= 0.6 is 34.8 Å². The summed E-state index contributed by atoms with van der Waals surface area (Å²) >= 11 is 17.2. The van der Waals surface area contributed by atoms with Gasteiger partial charge in [-0.1, -0.05) is 23.2 Å². The molecule has 0 fully saturated rings. The number of nitrogens with two attached hydrogens (primary N) is 1. The lowest BCUT2D eigenvalue weighted by atomic mass is 10.2. The van der Waals surface area contributed by atoms with Crippen LogP contribution in [0.15, 0.2) is 24.3 Å². The highest BCUT2D eigenvalue weighted by Crippen LogP contribution is 2.21. The van der Waals surface area contributed by atoms with E-state index in [0.717, 1.165) is 0 Å². The second kappa shape index (κ2) is 5.61. The largest absolute Gasteiger partial charge is 0.398 e. The topological polar surface area (TPSA) is 80.9 Å². The van der Waals surface area contributed by atoms with Crippen molar-refractivity contribution in [3.63, 3.8) is 0 Å². The van der Waals surface area contributed by atoms with Crippen LogP contribution in [0.25, 0.3) is 0 Å². The first-order valence-corrected chi connectivity index (χ1v) is 6.15. The average molecular weight is 318 g/mol. The third-order valence-corrected chi connectivity index (χ3v) is 2.86. The van der Waals surface area contributed by atoms with Gasteiger partial charge in [0, 0.05) is 11.6 Å². The number of amides is 1. The Morgan fingerprint density at radius 2 is 1.89 bits per heavy atom. The molecule has 0 bridgehead atoms. The van der Waals surface area contributed by atoms with Gasteiger partial charge in [-0.3, -0.25) is 4.79 Å². The summed E-state index contributed by atoms with van der Waals surface area (Å²) in [5.74, 6) is -0.212. The summed E-state index contributed by atoms with van der Waals surface area (Å²) < 4.78 is 0. The monoisotopic (exact) mass is 316 g/mol. The van der Waals surface area contributed by atoms with E-state index in [1.807, 2.05) is 0 Å². The van der Waals surface area contributed by atoms with E-state index in [-0.39, 0.29) is 16.3 Å². The Morgan fingerprint density at radius 1 is 1.16 bits per heavy atom. The van der Waals surface area contributed by atoms with Gasteiger partial charge in [0.05, 0.1) is 10.7 Å². The number of nitrogens with zero attached hydrogens (tertiary/aromatic N) is 2. The van der Waals surface area contributed by atoms with Gasteiger partial charge in [0.25, 0.3) is 5.91 Å². The highest BCUT2D eigenvalue weighted by molar-refractivity contribution is 6.33. The van der Waals surface area contributed by atoms with Crippen LogP contribution in [0.4, 0.5) is 11.5 Å². The molecule has 0 spiro atoms. The Morgan fingerprint density at radius 3 is 2.53 bits per heavy atom. The molecule has 0 aliphatic carbocycles. The molecule has 19 heavy (non-hydrogen) atoms. The standard InChI is InChI=1S/C11H7Cl3N4O/c12-6-3-5(1-2-7(6)15)10(19)17-9-4-8(13)16-11(14)18-9/h1-4H,15H2,(H,16,17,18,19). The maximum Gasteiger partial charge on any atom is 0.256 e. The molecule has 3 N–H and O–H groups in total. The fourth-order valence-electron chi connectivity index (χ4n) is 1.31. The lowest BCUT2D eigenvalue weighted by Gasteiger charge is -2.06. The van der Waals surface area contributed by atoms with Crippen molar-refractivity contribution in [3.05, 3.63) is 45.3 Å². The van der Waals surface area contributed by atoms with Gasteiger partial charge in [-0.15, -0.1) is 0 Å². The number of nitrogen functional groups attached to an aromatic ring is 1. The normalized spacial score (nSPS) is 10.3. The van der Waals surface area contributed by atoms with Crippen LogP contribution in [0.3, 0.4) is 0 Å². The number of hydrogen-bond donors (Lipinski definition) is 2. The van der Waals surface area contributed by atoms with Gasteiger partial charge in [-0.2, -0.15) is 0 Å². The number of hydrogen-bond acceptors (Lipinski definition) is 4. The van der Waals surface area contributed by atoms with E-state index < -0.39 is 5.91 Å². The summed E-state index contributed by atoms with van der Waals surface area (Å²) in [7, 11) is 0. The lowest BCUT2D eigenvalue weighted by Crippen LogP contribution is -2.13. The molecule has 0 atom stereocenters. The summed E-state index contributed by atoms with van der Waals surface area (Å²) in [6.07, 6.45) is 0. The Balaban J connectivity index is 2.22. The van der Waals surface area contributed by atoms with Gasteiger partial charge in [-0.05, 0) is 29.8 Å². The lowest BCUT2D eigenvalue weighted by molar-refractivity contribution is 0.102. The first-order chi connectivity index (χ1) is 8.95. The molecule has 0 radical (unpaired) electrons. The van der Waals surface area contributed by atoms with Gasteiger partial charge < -0.3 is 11.1 Å². The van der Waals surface area contributed by atoms with Crippen molar-refractivity contribution in [1.82, 2.24) is 9.97 Å². The number of nitrogens with one attached hydrogen (secondary N) is 1. The maximum atomic E-state index is 11.9. The van der Waals surface area contributed by atoms with E-state index in [4.69, 9.17) is 40.5 Å². The van der Waals surface area contributed by atoms with Crippen molar-refractivity contribution in [1.29, 1.82) is 0 Å². The van der Waals surface area contributed by atoms with E-state index in [1.54, 1.807) is 6.07 Å². The maximum absolute atomic E-state index is 11.9. The molecule has 8 heteroatoms. The van der Waals surface area contributed by atoms with Crippen molar-refractivity contribution < 1.29 is 4.79 Å². The van der Waals surface area contributed by atoms with Crippen LogP contribution < -0.4 is 11.1 Å². The number of aromatic nitrogens is 2. The zero-order valence-corrected chi connectivity index (χ0v) is 11.6. The fraction of sp³-hybridized carbons (Fsp3) is 0. The number of halogens is 3. The van der Waals surface area contributed by atoms with Crippen LogP contribution in [0.1, 0.15) is 10.4 Å². The quantitative estimate of drug-likeness (QED) is 0.506. The molecule has 1 amide bonds. The molecular formula is C11H7Cl3N4O. The summed E-state index contributed by atoms with van der Waals surface area (Å²) in [6, 6.07) is 5.92. The fourth-order valence-corrected chi connectivity index (χ4v) is 1.90. The molecule has 1 aromatic carbocycles. The van der Waals surface area contributed by atoms with Crippen LogP contribution in [-0.4, -0.2) is 15.9 Å². The van der Waals surface area contributed by atoms with Crippen molar-refractivity contribution >= 4 is 52.2 Å². The Bertz CT molecular complexity index is 628. The second-order valence-corrected chi connectivity index (χ2v) is 4.67. The molecule has 2 aromatic rings. The van der Waals surface area contributed by atoms with Crippen LogP contribution in [0.5, 0.6) is 0 Å². The Labute approximate surface area is 123 Å². The highest BCUT2D eigenvalue weighted by atomic mass is 35.5. The van der Waals surface area contributed by atoms with E-state index in [9.17, 15) is 4.79 Å². The molecule has 0 aliphatic heterocycles. The molecule has 2 rings (SSSR count). The second-order valence-electron chi connectivity index (χ2n) is 3.54. The van der Waals surface area contributed by atoms with E-state index in [0.29, 0.717) is 16.3 Å². The van der Waals surface area contributed by atoms with E-state index >= 15 is 0 Å². The zero-order chi connectivity index (χ0) is 14.0. The SMILES string of the molecule is Nc1ccc(C(=O)Nc2cc(Cl)nc(Cl)n2)cc1Cl. The smallest absolute Gasteiger partial charge is 0.256 e. The third kappa shape index (κ3) is 3.47. The Kier molecular flexibility index (Phi) is 4.09. The summed E-state index contributed by atoms with van der Waals surface area (Å²) in [5, 5.41) is 2.90. The van der Waals surface area contributed by atoms with Gasteiger partial charge in [0.15, 0.2) is 0 Å². The third-order valence-electron chi connectivity index (χ3n) is 2.17. The van der Waals surface area contributed by atoms with Crippen LogP contribution in [-0.2, 0) is 0 Å². The minimum Gasteiger partial charge on any atom is -0.398 e. The molecule has 0 unspecified atom stereocenters. The minimum atomic E-state index is -0.410. The van der Waals surface area contributed by atoms with Crippen LogP contribution in [0.2, 0.25) is 15.5 Å². The van der Waals surface area contributed by atoms with Crippen molar-refractivity contribution in [2.75, 3.05) is 11.1 Å². The average Bonchev–Trinajstić information content (AvgIpc) is 2.31. The number of benzene rings is 1. The van der Waals surface area contributed by atoms with E-state index in [1.165, 1.54) is 18.2 Å². The molecule has 5 nitrogen and oxygen atoms in total. The van der Waals surface area contributed by atoms with Crippen molar-refractivity contribution in [2.24, 2.45) is 0 Å². The van der Waals surface area contributed by atoms with Crippen LogP contribution in [0, 0.1) is 0 Å². The molecule has 98 valence electrons. The molecule has 0 aliphatic rings. The van der Waals surface area contributed by atoms with Gasteiger partial charge in [0.1, 0.15) is 11.0 Å². The van der Waals surface area contributed by atoms with Gasteiger partial charge in [-0.25, -0.2) is 9.97 Å². The number of rotatable bonds is 2. The number of carbonyl (C=O) groups excluding carboxylic acids is 1. The van der Waals surface area contributed by atoms with E-state index in [2.05, 4.69) is 15.3 Å². The zero-order valence-electron chi connectivity index (χ0n) is 9.32. The first kappa shape index (κ1) is 13.9. The molecule has 1 heterocycles. The molecular weight excluding hydrogens is 311 g/mol.